The Bertz CT molecular complexity index is 788. The van der Waals surface area contributed by atoms with E-state index in [1.54, 1.807) is 0 Å². The Balaban J connectivity index is 2.38. The number of benzene rings is 1. The van der Waals surface area contributed by atoms with Gasteiger partial charge in [-0.15, -0.1) is 0 Å². The number of nitrogens with zero attached hydrogens (tertiary/aromatic N) is 1. The monoisotopic (exact) mass is 345 g/mol. The van der Waals surface area contributed by atoms with Gasteiger partial charge in [-0.05, 0) is 19.8 Å². The molecule has 1 aromatic carbocycles. The number of ether oxygens (including phenoxy) is 3. The number of hydrogen-bond donors (Lipinski definition) is 1. The van der Waals surface area contributed by atoms with Crippen molar-refractivity contribution in [2.45, 2.75) is 32.8 Å². The van der Waals surface area contributed by atoms with Crippen LogP contribution in [0, 0.1) is 11.3 Å². The van der Waals surface area contributed by atoms with Gasteiger partial charge in [0, 0.05) is 17.5 Å². The van der Waals surface area contributed by atoms with Gasteiger partial charge >= 0.3 is 11.9 Å². The van der Waals surface area contributed by atoms with Crippen LogP contribution in [0.5, 0.6) is 11.5 Å². The molecule has 0 fully saturated rings. The highest BCUT2D eigenvalue weighted by Crippen LogP contribution is 2.42. The van der Waals surface area contributed by atoms with Crippen LogP contribution in [0.2, 0.25) is 0 Å². The van der Waals surface area contributed by atoms with Gasteiger partial charge in [0.15, 0.2) is 0 Å². The first-order chi connectivity index (χ1) is 11.9. The number of aromatic hydroxyl groups is 1. The summed E-state index contributed by atoms with van der Waals surface area (Å²) < 4.78 is 14.8. The Kier molecular flexibility index (Phi) is 5.65. The van der Waals surface area contributed by atoms with Crippen molar-refractivity contribution in [1.82, 2.24) is 0 Å². The van der Waals surface area contributed by atoms with Crippen LogP contribution in [0.1, 0.15) is 46.8 Å². The molecule has 1 N–H and O–H groups in total. The Morgan fingerprint density at radius 3 is 2.72 bits per heavy atom. The third kappa shape index (κ3) is 3.58. The van der Waals surface area contributed by atoms with Gasteiger partial charge in [-0.2, -0.15) is 5.26 Å². The summed E-state index contributed by atoms with van der Waals surface area (Å²) in [4.78, 5) is 23.1. The molecule has 0 amide bonds. The highest BCUT2D eigenvalue weighted by Gasteiger charge is 2.33. The molecule has 0 aliphatic carbocycles. The first-order valence-electron chi connectivity index (χ1n) is 7.68. The highest BCUT2D eigenvalue weighted by atomic mass is 16.5. The van der Waals surface area contributed by atoms with E-state index in [1.165, 1.54) is 14.2 Å². The summed E-state index contributed by atoms with van der Waals surface area (Å²) in [6.45, 7) is 1.79. The van der Waals surface area contributed by atoms with Crippen LogP contribution in [0.15, 0.2) is 11.6 Å². The number of phenolic OH excluding ortho intramolecular Hbond substituents is 1. The minimum Gasteiger partial charge on any atom is -0.507 e. The summed E-state index contributed by atoms with van der Waals surface area (Å²) in [5.41, 5.74) is 1.81. The fourth-order valence-corrected chi connectivity index (χ4v) is 2.70. The molecule has 0 bridgehead atoms. The molecule has 7 heteroatoms. The molecule has 1 aliphatic heterocycles. The summed E-state index contributed by atoms with van der Waals surface area (Å²) in [5, 5.41) is 19.9. The topological polar surface area (TPSA) is 106 Å². The fourth-order valence-electron chi connectivity index (χ4n) is 2.70. The lowest BCUT2D eigenvalue weighted by Crippen LogP contribution is -2.04. The van der Waals surface area contributed by atoms with Crippen LogP contribution in [-0.2, 0) is 27.3 Å². The van der Waals surface area contributed by atoms with E-state index in [9.17, 15) is 20.0 Å². The number of phenols is 1. The van der Waals surface area contributed by atoms with Crippen LogP contribution in [0.4, 0.5) is 0 Å². The van der Waals surface area contributed by atoms with E-state index in [-0.39, 0.29) is 48.0 Å². The summed E-state index contributed by atoms with van der Waals surface area (Å²) in [6.07, 6.45) is 2.82. The van der Waals surface area contributed by atoms with E-state index in [2.05, 4.69) is 4.74 Å². The van der Waals surface area contributed by atoms with Crippen LogP contribution >= 0.6 is 0 Å². The molecule has 0 spiro atoms. The number of esters is 2. The van der Waals surface area contributed by atoms with Crippen molar-refractivity contribution >= 4 is 11.9 Å². The Morgan fingerprint density at radius 1 is 1.40 bits per heavy atom. The lowest BCUT2D eigenvalue weighted by molar-refractivity contribution is -0.140. The maximum absolute atomic E-state index is 11.9. The van der Waals surface area contributed by atoms with Crippen LogP contribution in [-0.4, -0.2) is 31.3 Å². The van der Waals surface area contributed by atoms with Gasteiger partial charge in [-0.3, -0.25) is 4.79 Å². The largest absolute Gasteiger partial charge is 0.507 e. The summed E-state index contributed by atoms with van der Waals surface area (Å²) >= 11 is 0. The molecule has 132 valence electrons. The number of methoxy groups -OCH3 is 2. The van der Waals surface area contributed by atoms with Crippen molar-refractivity contribution in [1.29, 1.82) is 5.26 Å². The maximum atomic E-state index is 11.9. The van der Waals surface area contributed by atoms with E-state index in [4.69, 9.17) is 9.47 Å². The van der Waals surface area contributed by atoms with Crippen LogP contribution in [0.3, 0.4) is 0 Å². The van der Waals surface area contributed by atoms with Crippen LogP contribution in [0.25, 0.3) is 0 Å². The minimum absolute atomic E-state index is 0.0213. The Morgan fingerprint density at radius 2 is 2.12 bits per heavy atom. The highest BCUT2D eigenvalue weighted by molar-refractivity contribution is 5.98. The van der Waals surface area contributed by atoms with Crippen molar-refractivity contribution in [3.05, 3.63) is 33.9 Å². The minimum atomic E-state index is -0.653. The molecular weight excluding hydrogens is 326 g/mol. The lowest BCUT2D eigenvalue weighted by atomic mass is 9.94. The number of carbonyl (C=O) groups is 2. The zero-order valence-corrected chi connectivity index (χ0v) is 14.3. The zero-order chi connectivity index (χ0) is 18.6. The number of allylic oxidation sites excluding steroid dienone is 2. The fraction of sp³-hybridized carbons (Fsp3) is 0.389. The summed E-state index contributed by atoms with van der Waals surface area (Å²) in [7, 11) is 2.73. The van der Waals surface area contributed by atoms with Gasteiger partial charge in [-0.25, -0.2) is 4.79 Å². The second-order valence-corrected chi connectivity index (χ2v) is 5.61. The van der Waals surface area contributed by atoms with Gasteiger partial charge in [0.1, 0.15) is 35.3 Å². The van der Waals surface area contributed by atoms with Crippen molar-refractivity contribution < 1.29 is 28.9 Å². The van der Waals surface area contributed by atoms with E-state index < -0.39 is 5.97 Å². The maximum Gasteiger partial charge on any atom is 0.342 e. The van der Waals surface area contributed by atoms with E-state index in [0.717, 1.165) is 5.57 Å². The Labute approximate surface area is 145 Å². The number of rotatable bonds is 6. The number of fused-ring (bicyclic) bond motifs is 1. The molecule has 0 unspecified atom stereocenters. The van der Waals surface area contributed by atoms with Crippen molar-refractivity contribution in [3.8, 4) is 17.6 Å². The zero-order valence-electron chi connectivity index (χ0n) is 14.3. The third-order valence-electron chi connectivity index (χ3n) is 4.10. The predicted octanol–water partition coefficient (Wildman–Crippen LogP) is 2.38. The van der Waals surface area contributed by atoms with Crippen molar-refractivity contribution in [2.75, 3.05) is 14.2 Å². The summed E-state index contributed by atoms with van der Waals surface area (Å²) in [5.74, 6) is -0.959. The smallest absolute Gasteiger partial charge is 0.342 e. The lowest BCUT2D eigenvalue weighted by Gasteiger charge is -2.14. The molecule has 1 aliphatic rings. The average Bonchev–Trinajstić information content (AvgIpc) is 3.00. The van der Waals surface area contributed by atoms with Crippen LogP contribution < -0.4 is 4.74 Å². The number of cyclic esters (lactones) is 1. The van der Waals surface area contributed by atoms with Gasteiger partial charge in [0.25, 0.3) is 0 Å². The normalized spacial score (nSPS) is 13.0. The molecule has 7 nitrogen and oxygen atoms in total. The standard InChI is InChI=1S/C18H19NO6/c1-10(5-7-14(20)23-2)4-6-11-16(21)15-13(9-25-18(15)22)12(8-19)17(11)24-3/h4,21H,5-7,9H2,1-3H3/b10-4+. The second kappa shape index (κ2) is 7.71. The number of nitriles is 1. The third-order valence-corrected chi connectivity index (χ3v) is 4.10. The molecule has 25 heavy (non-hydrogen) atoms. The first kappa shape index (κ1) is 18.3. The van der Waals surface area contributed by atoms with Gasteiger partial charge in [0.2, 0.25) is 0 Å². The van der Waals surface area contributed by atoms with Gasteiger partial charge in [-0.1, -0.05) is 11.6 Å². The van der Waals surface area contributed by atoms with Gasteiger partial charge in [0.05, 0.1) is 14.2 Å². The molecule has 1 aromatic rings. The number of hydrogen-bond acceptors (Lipinski definition) is 7. The SMILES string of the molecule is COC(=O)CC/C(C)=C/Cc1c(O)c2c(c(C#N)c1OC)COC2=O. The Hall–Kier alpha value is -3.01. The van der Waals surface area contributed by atoms with Crippen molar-refractivity contribution in [2.24, 2.45) is 0 Å². The second-order valence-electron chi connectivity index (χ2n) is 5.61. The van der Waals surface area contributed by atoms with Crippen molar-refractivity contribution in [3.63, 3.8) is 0 Å². The molecule has 0 saturated heterocycles. The average molecular weight is 345 g/mol. The molecule has 1 heterocycles. The van der Waals surface area contributed by atoms with E-state index >= 15 is 0 Å². The van der Waals surface area contributed by atoms with Gasteiger partial charge < -0.3 is 19.3 Å². The first-order valence-corrected chi connectivity index (χ1v) is 7.68. The summed E-state index contributed by atoms with van der Waals surface area (Å²) in [6, 6.07) is 2.02. The molecule has 0 atom stereocenters. The quantitative estimate of drug-likeness (QED) is 0.623. The molecule has 2 rings (SSSR count). The molecule has 0 saturated carbocycles. The number of carbonyl (C=O) groups excluding carboxylic acids is 2. The molecule has 0 aromatic heterocycles. The van der Waals surface area contributed by atoms with E-state index in [1.807, 2.05) is 19.1 Å². The van der Waals surface area contributed by atoms with E-state index in [0.29, 0.717) is 17.5 Å². The molecule has 0 radical (unpaired) electrons. The predicted molar refractivity (Wildman–Crippen MR) is 87.2 cm³/mol. The molecular formula is C18H19NO6.